The summed E-state index contributed by atoms with van der Waals surface area (Å²) < 4.78 is 19.3. The van der Waals surface area contributed by atoms with E-state index in [-0.39, 0.29) is 18.5 Å². The fourth-order valence-corrected chi connectivity index (χ4v) is 1.77. The Balaban J connectivity index is 2.56. The third-order valence-corrected chi connectivity index (χ3v) is 2.77. The van der Waals surface area contributed by atoms with Crippen molar-refractivity contribution in [3.63, 3.8) is 0 Å². The maximum Gasteiger partial charge on any atom is 0.131 e. The molecule has 18 heavy (non-hydrogen) atoms. The van der Waals surface area contributed by atoms with Crippen LogP contribution in [0.2, 0.25) is 0 Å². The van der Waals surface area contributed by atoms with Crippen LogP contribution in [0, 0.1) is 5.82 Å². The zero-order chi connectivity index (χ0) is 13.4. The Kier molecular flexibility index (Phi) is 6.68. The van der Waals surface area contributed by atoms with Crippen molar-refractivity contribution < 1.29 is 14.2 Å². The first-order valence-corrected chi connectivity index (χ1v) is 6.45. The van der Waals surface area contributed by atoms with E-state index in [0.29, 0.717) is 24.3 Å². The Hall–Kier alpha value is -1.13. The Morgan fingerprint density at radius 3 is 2.78 bits per heavy atom. The average molecular weight is 255 g/mol. The Morgan fingerprint density at radius 2 is 2.17 bits per heavy atom. The number of aliphatic hydroxyl groups excluding tert-OH is 1. The second-order valence-corrected chi connectivity index (χ2v) is 4.24. The van der Waals surface area contributed by atoms with E-state index in [1.807, 2.05) is 13.8 Å². The second kappa shape index (κ2) is 8.06. The van der Waals surface area contributed by atoms with Crippen LogP contribution >= 0.6 is 0 Å². The summed E-state index contributed by atoms with van der Waals surface area (Å²) in [6, 6.07) is 4.95. The van der Waals surface area contributed by atoms with Crippen LogP contribution in [-0.4, -0.2) is 24.9 Å². The van der Waals surface area contributed by atoms with Crippen molar-refractivity contribution in [3.05, 3.63) is 29.6 Å². The Bertz CT molecular complexity index is 358. The molecule has 0 saturated carbocycles. The first-order valence-electron chi connectivity index (χ1n) is 6.45. The molecule has 0 aliphatic heterocycles. The summed E-state index contributed by atoms with van der Waals surface area (Å²) in [5, 5.41) is 11.8. The van der Waals surface area contributed by atoms with Gasteiger partial charge in [-0.2, -0.15) is 0 Å². The van der Waals surface area contributed by atoms with Crippen LogP contribution in [0.4, 0.5) is 4.39 Å². The molecule has 0 bridgehead atoms. The van der Waals surface area contributed by atoms with Crippen LogP contribution in [0.25, 0.3) is 0 Å². The minimum absolute atomic E-state index is 0.00145. The van der Waals surface area contributed by atoms with Gasteiger partial charge in [0.15, 0.2) is 0 Å². The predicted octanol–water partition coefficient (Wildman–Crippen LogP) is 2.65. The fourth-order valence-electron chi connectivity index (χ4n) is 1.77. The highest BCUT2D eigenvalue weighted by molar-refractivity contribution is 5.30. The molecule has 1 aromatic carbocycles. The van der Waals surface area contributed by atoms with Crippen LogP contribution in [0.3, 0.4) is 0 Å². The van der Waals surface area contributed by atoms with E-state index in [1.54, 1.807) is 12.1 Å². The van der Waals surface area contributed by atoms with Gasteiger partial charge in [0.2, 0.25) is 0 Å². The van der Waals surface area contributed by atoms with Crippen LogP contribution in [0.15, 0.2) is 18.2 Å². The molecule has 102 valence electrons. The molecular weight excluding hydrogens is 233 g/mol. The maximum atomic E-state index is 13.8. The van der Waals surface area contributed by atoms with E-state index in [9.17, 15) is 4.39 Å². The molecule has 4 heteroatoms. The van der Waals surface area contributed by atoms with E-state index < -0.39 is 0 Å². The third-order valence-electron chi connectivity index (χ3n) is 2.77. The molecular formula is C14H22FNO2. The van der Waals surface area contributed by atoms with Gasteiger partial charge in [0.1, 0.15) is 11.6 Å². The molecule has 0 aliphatic rings. The quantitative estimate of drug-likeness (QED) is 0.702. The topological polar surface area (TPSA) is 41.5 Å². The molecule has 1 rings (SSSR count). The van der Waals surface area contributed by atoms with Gasteiger partial charge >= 0.3 is 0 Å². The van der Waals surface area contributed by atoms with Crippen molar-refractivity contribution in [1.29, 1.82) is 0 Å². The highest BCUT2D eigenvalue weighted by atomic mass is 19.1. The molecule has 2 N–H and O–H groups in total. The van der Waals surface area contributed by atoms with Gasteiger partial charge in [-0.15, -0.1) is 0 Å². The number of benzene rings is 1. The van der Waals surface area contributed by atoms with Crippen LogP contribution < -0.4 is 10.1 Å². The molecule has 0 aliphatic carbocycles. The summed E-state index contributed by atoms with van der Waals surface area (Å²) in [7, 11) is 0. The zero-order valence-corrected chi connectivity index (χ0v) is 11.1. The standard InChI is InChI=1S/C14H22FNO2/c1-3-16-11(2)13-7-6-12(10-14(13)15)18-9-5-4-8-17/h6-7,10-11,16-17H,3-5,8-9H2,1-2H3. The lowest BCUT2D eigenvalue weighted by Crippen LogP contribution is -2.18. The van der Waals surface area contributed by atoms with E-state index in [2.05, 4.69) is 5.32 Å². The van der Waals surface area contributed by atoms with Crippen molar-refractivity contribution in [1.82, 2.24) is 5.32 Å². The number of ether oxygens (including phenoxy) is 1. The molecule has 3 nitrogen and oxygen atoms in total. The first-order chi connectivity index (χ1) is 8.69. The van der Waals surface area contributed by atoms with Crippen molar-refractivity contribution in [2.24, 2.45) is 0 Å². The number of nitrogens with one attached hydrogen (secondary N) is 1. The lowest BCUT2D eigenvalue weighted by molar-refractivity contribution is 0.252. The van der Waals surface area contributed by atoms with Gasteiger partial charge in [0.25, 0.3) is 0 Å². The van der Waals surface area contributed by atoms with Crippen LogP contribution in [0.5, 0.6) is 5.75 Å². The van der Waals surface area contributed by atoms with Gasteiger partial charge in [0.05, 0.1) is 6.61 Å². The van der Waals surface area contributed by atoms with Crippen molar-refractivity contribution >= 4 is 0 Å². The van der Waals surface area contributed by atoms with Crippen LogP contribution in [0.1, 0.15) is 38.3 Å². The summed E-state index contributed by atoms with van der Waals surface area (Å²) >= 11 is 0. The maximum absolute atomic E-state index is 13.8. The predicted molar refractivity (Wildman–Crippen MR) is 70.3 cm³/mol. The number of unbranched alkanes of at least 4 members (excludes halogenated alkanes) is 1. The molecule has 0 radical (unpaired) electrons. The smallest absolute Gasteiger partial charge is 0.131 e. The summed E-state index contributed by atoms with van der Waals surface area (Å²) in [5.41, 5.74) is 0.652. The molecule has 0 heterocycles. The Labute approximate surface area is 108 Å². The molecule has 1 unspecified atom stereocenters. The van der Waals surface area contributed by atoms with Gasteiger partial charge in [-0.25, -0.2) is 4.39 Å². The molecule has 0 spiro atoms. The van der Waals surface area contributed by atoms with Gasteiger partial charge in [0, 0.05) is 24.3 Å². The second-order valence-electron chi connectivity index (χ2n) is 4.24. The molecule has 0 saturated heterocycles. The lowest BCUT2D eigenvalue weighted by Gasteiger charge is -2.14. The normalized spacial score (nSPS) is 12.4. The highest BCUT2D eigenvalue weighted by Gasteiger charge is 2.10. The van der Waals surface area contributed by atoms with E-state index >= 15 is 0 Å². The largest absolute Gasteiger partial charge is 0.493 e. The van der Waals surface area contributed by atoms with Gasteiger partial charge in [-0.1, -0.05) is 13.0 Å². The van der Waals surface area contributed by atoms with Crippen LogP contribution in [-0.2, 0) is 0 Å². The zero-order valence-electron chi connectivity index (χ0n) is 11.1. The van der Waals surface area contributed by atoms with Crippen molar-refractivity contribution in [2.45, 2.75) is 32.7 Å². The first kappa shape index (κ1) is 14.9. The molecule has 1 aromatic rings. The number of hydrogen-bond acceptors (Lipinski definition) is 3. The third kappa shape index (κ3) is 4.63. The number of aliphatic hydroxyl groups is 1. The van der Waals surface area contributed by atoms with E-state index in [0.717, 1.165) is 13.0 Å². The molecule has 1 atom stereocenters. The van der Waals surface area contributed by atoms with E-state index in [1.165, 1.54) is 6.07 Å². The highest BCUT2D eigenvalue weighted by Crippen LogP contribution is 2.22. The minimum atomic E-state index is -0.247. The lowest BCUT2D eigenvalue weighted by atomic mass is 10.1. The monoisotopic (exact) mass is 255 g/mol. The minimum Gasteiger partial charge on any atom is -0.493 e. The van der Waals surface area contributed by atoms with Crippen molar-refractivity contribution in [2.75, 3.05) is 19.8 Å². The van der Waals surface area contributed by atoms with Gasteiger partial charge in [-0.05, 0) is 32.4 Å². The SMILES string of the molecule is CCNC(C)c1ccc(OCCCCO)cc1F. The summed E-state index contributed by atoms with van der Waals surface area (Å²) in [6.45, 7) is 5.40. The number of rotatable bonds is 8. The molecule has 0 amide bonds. The average Bonchev–Trinajstić information content (AvgIpc) is 2.35. The van der Waals surface area contributed by atoms with Gasteiger partial charge in [-0.3, -0.25) is 0 Å². The number of halogens is 1. The number of hydrogen-bond donors (Lipinski definition) is 2. The summed E-state index contributed by atoms with van der Waals surface area (Å²) in [6.07, 6.45) is 1.48. The molecule has 0 fully saturated rings. The molecule has 0 aromatic heterocycles. The Morgan fingerprint density at radius 1 is 1.39 bits per heavy atom. The van der Waals surface area contributed by atoms with Crippen molar-refractivity contribution in [3.8, 4) is 5.75 Å². The summed E-state index contributed by atoms with van der Waals surface area (Å²) in [5.74, 6) is 0.293. The van der Waals surface area contributed by atoms with E-state index in [4.69, 9.17) is 9.84 Å². The summed E-state index contributed by atoms with van der Waals surface area (Å²) in [4.78, 5) is 0. The fraction of sp³-hybridized carbons (Fsp3) is 0.571. The van der Waals surface area contributed by atoms with Gasteiger partial charge < -0.3 is 15.2 Å².